The molecule has 2 atom stereocenters. The molecule has 0 aliphatic carbocycles. The van der Waals surface area contributed by atoms with Gasteiger partial charge in [0.15, 0.2) is 0 Å². The van der Waals surface area contributed by atoms with Gasteiger partial charge in [0, 0.05) is 38.6 Å². The van der Waals surface area contributed by atoms with E-state index >= 15 is 0 Å². The summed E-state index contributed by atoms with van der Waals surface area (Å²) in [5, 5.41) is 3.38. The lowest BCUT2D eigenvalue weighted by molar-refractivity contribution is -0.136. The lowest BCUT2D eigenvalue weighted by Crippen LogP contribution is -2.53. The molecule has 3 rings (SSSR count). The van der Waals surface area contributed by atoms with Gasteiger partial charge >= 0.3 is 0 Å². The number of nitrogens with zero attached hydrogens (tertiary/aromatic N) is 2. The number of nitrogens with one attached hydrogen (secondary N) is 1. The first-order chi connectivity index (χ1) is 11.2. The summed E-state index contributed by atoms with van der Waals surface area (Å²) in [6, 6.07) is 10.9. The second-order valence-corrected chi connectivity index (χ2v) is 7.05. The third-order valence-electron chi connectivity index (χ3n) is 5.21. The number of carbonyl (C=O) groups is 1. The Morgan fingerprint density at radius 1 is 1.26 bits per heavy atom. The van der Waals surface area contributed by atoms with E-state index in [0.29, 0.717) is 17.9 Å². The number of hydrogen-bond donors (Lipinski definition) is 1. The van der Waals surface area contributed by atoms with E-state index in [4.69, 9.17) is 0 Å². The Morgan fingerprint density at radius 3 is 2.78 bits per heavy atom. The molecule has 1 aromatic rings. The molecule has 2 unspecified atom stereocenters. The van der Waals surface area contributed by atoms with Crippen molar-refractivity contribution in [3.8, 4) is 0 Å². The number of rotatable bonds is 5. The Morgan fingerprint density at radius 2 is 2.09 bits per heavy atom. The van der Waals surface area contributed by atoms with E-state index in [1.54, 1.807) is 0 Å². The van der Waals surface area contributed by atoms with Gasteiger partial charge in [-0.05, 0) is 44.3 Å². The smallest absolute Gasteiger partial charge is 0.222 e. The van der Waals surface area contributed by atoms with E-state index in [9.17, 15) is 4.79 Å². The summed E-state index contributed by atoms with van der Waals surface area (Å²) in [7, 11) is 0. The van der Waals surface area contributed by atoms with Crippen LogP contribution in [0.1, 0.15) is 31.7 Å². The summed E-state index contributed by atoms with van der Waals surface area (Å²) in [5.74, 6) is 1.05. The minimum Gasteiger partial charge on any atom is -0.337 e. The standard InChI is InChI=1S/C19H29N3O/c1-16-14-21(15-18-5-3-2-4-6-18)11-12-22(16)19(23)8-7-17-9-10-20-13-17/h2-6,16-17,20H,7-15H2,1H3. The summed E-state index contributed by atoms with van der Waals surface area (Å²) in [6.45, 7) is 8.21. The zero-order chi connectivity index (χ0) is 16.1. The number of piperazine rings is 1. The third-order valence-corrected chi connectivity index (χ3v) is 5.21. The molecule has 0 radical (unpaired) electrons. The van der Waals surface area contributed by atoms with Crippen molar-refractivity contribution in [3.63, 3.8) is 0 Å². The lowest BCUT2D eigenvalue weighted by atomic mass is 10.0. The first-order valence-corrected chi connectivity index (χ1v) is 8.99. The molecule has 0 spiro atoms. The molecule has 2 aliphatic heterocycles. The highest BCUT2D eigenvalue weighted by Crippen LogP contribution is 2.18. The van der Waals surface area contributed by atoms with Gasteiger partial charge in [-0.1, -0.05) is 30.3 Å². The van der Waals surface area contributed by atoms with Crippen molar-refractivity contribution in [2.24, 2.45) is 5.92 Å². The van der Waals surface area contributed by atoms with E-state index < -0.39 is 0 Å². The quantitative estimate of drug-likeness (QED) is 0.904. The maximum Gasteiger partial charge on any atom is 0.222 e. The van der Waals surface area contributed by atoms with Crippen molar-refractivity contribution in [1.82, 2.24) is 15.1 Å². The number of carbonyl (C=O) groups excluding carboxylic acids is 1. The molecule has 0 bridgehead atoms. The topological polar surface area (TPSA) is 35.6 Å². The van der Waals surface area contributed by atoms with Crippen LogP contribution in [-0.4, -0.2) is 54.5 Å². The van der Waals surface area contributed by atoms with Gasteiger partial charge in [-0.15, -0.1) is 0 Å². The number of amides is 1. The molecule has 126 valence electrons. The van der Waals surface area contributed by atoms with Gasteiger partial charge in [0.25, 0.3) is 0 Å². The Kier molecular flexibility index (Phi) is 5.68. The van der Waals surface area contributed by atoms with Crippen LogP contribution in [0.3, 0.4) is 0 Å². The average molecular weight is 315 g/mol. The van der Waals surface area contributed by atoms with Crippen molar-refractivity contribution in [2.75, 3.05) is 32.7 Å². The Balaban J connectivity index is 1.45. The zero-order valence-electron chi connectivity index (χ0n) is 14.2. The van der Waals surface area contributed by atoms with Gasteiger partial charge in [-0.2, -0.15) is 0 Å². The molecular weight excluding hydrogens is 286 g/mol. The van der Waals surface area contributed by atoms with Crippen LogP contribution < -0.4 is 5.32 Å². The summed E-state index contributed by atoms with van der Waals surface area (Å²) >= 11 is 0. The van der Waals surface area contributed by atoms with Crippen LogP contribution in [-0.2, 0) is 11.3 Å². The molecule has 1 amide bonds. The predicted molar refractivity (Wildman–Crippen MR) is 93.1 cm³/mol. The van der Waals surface area contributed by atoms with Crippen LogP contribution in [0, 0.1) is 5.92 Å². The average Bonchev–Trinajstić information content (AvgIpc) is 3.07. The minimum atomic E-state index is 0.321. The molecule has 4 nitrogen and oxygen atoms in total. The monoisotopic (exact) mass is 315 g/mol. The molecule has 0 aromatic heterocycles. The highest BCUT2D eigenvalue weighted by Gasteiger charge is 2.27. The molecule has 2 saturated heterocycles. The first-order valence-electron chi connectivity index (χ1n) is 8.99. The second kappa shape index (κ2) is 7.93. The number of hydrogen-bond acceptors (Lipinski definition) is 3. The Hall–Kier alpha value is -1.39. The van der Waals surface area contributed by atoms with Crippen LogP contribution in [0.4, 0.5) is 0 Å². The van der Waals surface area contributed by atoms with Gasteiger partial charge < -0.3 is 10.2 Å². The molecule has 1 N–H and O–H groups in total. The van der Waals surface area contributed by atoms with E-state index in [1.165, 1.54) is 12.0 Å². The van der Waals surface area contributed by atoms with E-state index in [1.807, 2.05) is 0 Å². The molecular formula is C19H29N3O. The molecule has 4 heteroatoms. The van der Waals surface area contributed by atoms with Crippen molar-refractivity contribution < 1.29 is 4.79 Å². The summed E-state index contributed by atoms with van der Waals surface area (Å²) in [6.07, 6.45) is 2.99. The van der Waals surface area contributed by atoms with Crippen LogP contribution in [0.2, 0.25) is 0 Å². The third kappa shape index (κ3) is 4.55. The molecule has 2 fully saturated rings. The molecule has 2 heterocycles. The van der Waals surface area contributed by atoms with Crippen molar-refractivity contribution >= 4 is 5.91 Å². The van der Waals surface area contributed by atoms with Crippen LogP contribution in [0.25, 0.3) is 0 Å². The summed E-state index contributed by atoms with van der Waals surface area (Å²) in [5.41, 5.74) is 1.35. The molecule has 0 saturated carbocycles. The van der Waals surface area contributed by atoms with Crippen molar-refractivity contribution in [1.29, 1.82) is 0 Å². The summed E-state index contributed by atoms with van der Waals surface area (Å²) < 4.78 is 0. The second-order valence-electron chi connectivity index (χ2n) is 7.05. The van der Waals surface area contributed by atoms with Gasteiger partial charge in [0.05, 0.1) is 0 Å². The first kappa shape index (κ1) is 16.5. The van der Waals surface area contributed by atoms with E-state index in [2.05, 4.69) is 52.4 Å². The van der Waals surface area contributed by atoms with Crippen molar-refractivity contribution in [3.05, 3.63) is 35.9 Å². The van der Waals surface area contributed by atoms with E-state index in [0.717, 1.165) is 52.1 Å². The lowest BCUT2D eigenvalue weighted by Gasteiger charge is -2.40. The number of benzene rings is 1. The molecule has 2 aliphatic rings. The van der Waals surface area contributed by atoms with Crippen LogP contribution in [0.15, 0.2) is 30.3 Å². The Labute approximate surface area is 139 Å². The normalized spacial score (nSPS) is 25.7. The minimum absolute atomic E-state index is 0.321. The SMILES string of the molecule is CC1CN(Cc2ccccc2)CCN1C(=O)CCC1CCNC1. The van der Waals surface area contributed by atoms with Gasteiger partial charge in [-0.3, -0.25) is 9.69 Å². The fourth-order valence-corrected chi connectivity index (χ4v) is 3.82. The maximum atomic E-state index is 12.5. The maximum absolute atomic E-state index is 12.5. The van der Waals surface area contributed by atoms with Gasteiger partial charge in [-0.25, -0.2) is 0 Å². The Bertz CT molecular complexity index is 499. The van der Waals surface area contributed by atoms with Crippen LogP contribution in [0.5, 0.6) is 0 Å². The van der Waals surface area contributed by atoms with Crippen molar-refractivity contribution in [2.45, 2.75) is 38.8 Å². The molecule has 1 aromatic carbocycles. The fraction of sp³-hybridized carbons (Fsp3) is 0.632. The van der Waals surface area contributed by atoms with Crippen LogP contribution >= 0.6 is 0 Å². The fourth-order valence-electron chi connectivity index (χ4n) is 3.82. The van der Waals surface area contributed by atoms with Gasteiger partial charge in [0.1, 0.15) is 0 Å². The largest absolute Gasteiger partial charge is 0.337 e. The summed E-state index contributed by atoms with van der Waals surface area (Å²) in [4.78, 5) is 17.1. The predicted octanol–water partition coefficient (Wildman–Crippen LogP) is 2.11. The zero-order valence-corrected chi connectivity index (χ0v) is 14.2. The van der Waals surface area contributed by atoms with E-state index in [-0.39, 0.29) is 0 Å². The molecule has 23 heavy (non-hydrogen) atoms. The van der Waals surface area contributed by atoms with Gasteiger partial charge in [0.2, 0.25) is 5.91 Å². The highest BCUT2D eigenvalue weighted by molar-refractivity contribution is 5.76. The highest BCUT2D eigenvalue weighted by atomic mass is 16.2.